The maximum Gasteiger partial charge on any atom is 0.0388 e. The highest BCUT2D eigenvalue weighted by Gasteiger charge is 2.07. The average Bonchev–Trinajstić information content (AvgIpc) is 2.30. The molecule has 2 rings (SSSR count). The van der Waals surface area contributed by atoms with Crippen molar-refractivity contribution in [3.63, 3.8) is 0 Å². The first-order valence-corrected chi connectivity index (χ1v) is 4.41. The zero-order valence-corrected chi connectivity index (χ0v) is 7.35. The maximum atomic E-state index is 3.40. The number of hydrogen-bond acceptors (Lipinski definition) is 2. The lowest BCUT2D eigenvalue weighted by Crippen LogP contribution is -2.17. The Bertz CT molecular complexity index is 281. The highest BCUT2D eigenvalue weighted by Crippen LogP contribution is 2.20. The maximum absolute atomic E-state index is 3.40. The molecule has 0 spiro atoms. The molecule has 2 N–H and O–H groups in total. The monoisotopic (exact) mass is 162 g/mol. The molecule has 1 aliphatic rings. The number of rotatable bonds is 0. The minimum absolute atomic E-state index is 0.995. The van der Waals surface area contributed by atoms with E-state index in [2.05, 4.69) is 35.8 Å². The summed E-state index contributed by atoms with van der Waals surface area (Å²) in [5.41, 5.74) is 4.07. The van der Waals surface area contributed by atoms with E-state index in [0.717, 1.165) is 19.6 Å². The van der Waals surface area contributed by atoms with Crippen molar-refractivity contribution in [1.29, 1.82) is 0 Å². The van der Waals surface area contributed by atoms with Crippen LogP contribution in [0.3, 0.4) is 0 Å². The molecule has 1 heterocycles. The molecule has 0 saturated carbocycles. The molecule has 12 heavy (non-hydrogen) atoms. The lowest BCUT2D eigenvalue weighted by Gasteiger charge is -2.08. The SMILES string of the molecule is Cc1cccc2c1CNCCN2. The van der Waals surface area contributed by atoms with Crippen LogP contribution in [0.25, 0.3) is 0 Å². The third kappa shape index (κ3) is 1.30. The molecule has 0 aliphatic carbocycles. The number of fused-ring (bicyclic) bond motifs is 1. The van der Waals surface area contributed by atoms with Gasteiger partial charge in [0.2, 0.25) is 0 Å². The molecule has 0 radical (unpaired) electrons. The van der Waals surface area contributed by atoms with Gasteiger partial charge < -0.3 is 10.6 Å². The molecular formula is C10H14N2. The predicted octanol–water partition coefficient (Wildman–Crippen LogP) is 1.51. The largest absolute Gasteiger partial charge is 0.383 e. The van der Waals surface area contributed by atoms with E-state index in [1.807, 2.05) is 0 Å². The Labute approximate surface area is 73.0 Å². The fourth-order valence-corrected chi connectivity index (χ4v) is 1.60. The molecule has 0 atom stereocenters. The third-order valence-corrected chi connectivity index (χ3v) is 2.33. The van der Waals surface area contributed by atoms with Crippen molar-refractivity contribution in [3.8, 4) is 0 Å². The molecule has 1 aromatic carbocycles. The second kappa shape index (κ2) is 3.15. The highest BCUT2D eigenvalue weighted by atomic mass is 15.0. The van der Waals surface area contributed by atoms with E-state index >= 15 is 0 Å². The number of anilines is 1. The summed E-state index contributed by atoms with van der Waals surface area (Å²) in [7, 11) is 0. The van der Waals surface area contributed by atoms with Gasteiger partial charge in [0.1, 0.15) is 0 Å². The fourth-order valence-electron chi connectivity index (χ4n) is 1.60. The van der Waals surface area contributed by atoms with Crippen molar-refractivity contribution >= 4 is 5.69 Å². The molecule has 0 saturated heterocycles. The molecule has 1 aromatic rings. The van der Waals surface area contributed by atoms with Gasteiger partial charge in [-0.15, -0.1) is 0 Å². The molecule has 0 amide bonds. The third-order valence-electron chi connectivity index (χ3n) is 2.33. The van der Waals surface area contributed by atoms with Crippen LogP contribution >= 0.6 is 0 Å². The summed E-state index contributed by atoms with van der Waals surface area (Å²) in [6.45, 7) is 5.23. The van der Waals surface area contributed by atoms with E-state index in [0.29, 0.717) is 0 Å². The van der Waals surface area contributed by atoms with Crippen LogP contribution in [0.5, 0.6) is 0 Å². The molecule has 0 unspecified atom stereocenters. The Balaban J connectivity index is 2.42. The zero-order valence-electron chi connectivity index (χ0n) is 7.35. The first-order chi connectivity index (χ1) is 5.88. The summed E-state index contributed by atoms with van der Waals surface area (Å²) in [6.07, 6.45) is 0. The van der Waals surface area contributed by atoms with Crippen LogP contribution in [0.15, 0.2) is 18.2 Å². The van der Waals surface area contributed by atoms with E-state index in [4.69, 9.17) is 0 Å². The zero-order chi connectivity index (χ0) is 8.39. The molecule has 2 heteroatoms. The second-order valence-corrected chi connectivity index (χ2v) is 3.20. The molecular weight excluding hydrogens is 148 g/mol. The lowest BCUT2D eigenvalue weighted by molar-refractivity contribution is 0.723. The van der Waals surface area contributed by atoms with Gasteiger partial charge in [-0.2, -0.15) is 0 Å². The molecule has 0 fully saturated rings. The molecule has 0 aromatic heterocycles. The molecule has 0 bridgehead atoms. The van der Waals surface area contributed by atoms with Gasteiger partial charge in [0.15, 0.2) is 0 Å². The van der Waals surface area contributed by atoms with Crippen molar-refractivity contribution in [2.24, 2.45) is 0 Å². The van der Waals surface area contributed by atoms with E-state index in [9.17, 15) is 0 Å². The summed E-state index contributed by atoms with van der Waals surface area (Å²) >= 11 is 0. The highest BCUT2D eigenvalue weighted by molar-refractivity contribution is 5.55. The van der Waals surface area contributed by atoms with Gasteiger partial charge in [-0.05, 0) is 24.1 Å². The summed E-state index contributed by atoms with van der Waals surface area (Å²) in [5.74, 6) is 0. The number of aryl methyl sites for hydroxylation is 1. The average molecular weight is 162 g/mol. The van der Waals surface area contributed by atoms with Crippen LogP contribution in [0.1, 0.15) is 11.1 Å². The number of benzene rings is 1. The van der Waals surface area contributed by atoms with E-state index in [-0.39, 0.29) is 0 Å². The lowest BCUT2D eigenvalue weighted by atomic mass is 10.1. The topological polar surface area (TPSA) is 24.1 Å². The Morgan fingerprint density at radius 1 is 1.25 bits per heavy atom. The van der Waals surface area contributed by atoms with Crippen molar-refractivity contribution < 1.29 is 0 Å². The van der Waals surface area contributed by atoms with E-state index < -0.39 is 0 Å². The Hall–Kier alpha value is -1.02. The summed E-state index contributed by atoms with van der Waals surface area (Å²) < 4.78 is 0. The number of nitrogens with one attached hydrogen (secondary N) is 2. The summed E-state index contributed by atoms with van der Waals surface area (Å²) in [4.78, 5) is 0. The van der Waals surface area contributed by atoms with Gasteiger partial charge in [0.25, 0.3) is 0 Å². The van der Waals surface area contributed by atoms with Crippen molar-refractivity contribution in [1.82, 2.24) is 5.32 Å². The molecule has 64 valence electrons. The molecule has 1 aliphatic heterocycles. The van der Waals surface area contributed by atoms with Crippen molar-refractivity contribution in [2.75, 3.05) is 18.4 Å². The summed E-state index contributed by atoms with van der Waals surface area (Å²) in [5, 5.41) is 6.79. The van der Waals surface area contributed by atoms with Crippen molar-refractivity contribution in [2.45, 2.75) is 13.5 Å². The van der Waals surface area contributed by atoms with Gasteiger partial charge >= 0.3 is 0 Å². The quantitative estimate of drug-likeness (QED) is 0.604. The Morgan fingerprint density at radius 2 is 2.17 bits per heavy atom. The van der Waals surface area contributed by atoms with E-state index in [1.165, 1.54) is 16.8 Å². The second-order valence-electron chi connectivity index (χ2n) is 3.20. The van der Waals surface area contributed by atoms with Gasteiger partial charge in [-0.25, -0.2) is 0 Å². The minimum atomic E-state index is 0.995. The Morgan fingerprint density at radius 3 is 3.08 bits per heavy atom. The standard InChI is InChI=1S/C10H14N2/c1-8-3-2-4-10-9(8)7-11-5-6-12-10/h2-4,11-12H,5-7H2,1H3. The summed E-state index contributed by atoms with van der Waals surface area (Å²) in [6, 6.07) is 6.41. The van der Waals surface area contributed by atoms with E-state index in [1.54, 1.807) is 0 Å². The van der Waals surface area contributed by atoms with Gasteiger partial charge in [-0.1, -0.05) is 12.1 Å². The normalized spacial score (nSPS) is 16.1. The van der Waals surface area contributed by atoms with Gasteiger partial charge in [-0.3, -0.25) is 0 Å². The molecule has 2 nitrogen and oxygen atoms in total. The van der Waals surface area contributed by atoms with Crippen LogP contribution in [0.4, 0.5) is 5.69 Å². The van der Waals surface area contributed by atoms with Gasteiger partial charge in [0.05, 0.1) is 0 Å². The smallest absolute Gasteiger partial charge is 0.0388 e. The van der Waals surface area contributed by atoms with Crippen LogP contribution in [-0.2, 0) is 6.54 Å². The first-order valence-electron chi connectivity index (χ1n) is 4.41. The predicted molar refractivity (Wildman–Crippen MR) is 51.4 cm³/mol. The van der Waals surface area contributed by atoms with Crippen LogP contribution in [-0.4, -0.2) is 13.1 Å². The minimum Gasteiger partial charge on any atom is -0.383 e. The number of hydrogen-bond donors (Lipinski definition) is 2. The Kier molecular flexibility index (Phi) is 2.00. The van der Waals surface area contributed by atoms with Crippen LogP contribution < -0.4 is 10.6 Å². The van der Waals surface area contributed by atoms with Crippen LogP contribution in [0, 0.1) is 6.92 Å². The first kappa shape index (κ1) is 7.62. The van der Waals surface area contributed by atoms with Gasteiger partial charge in [0, 0.05) is 25.3 Å². The van der Waals surface area contributed by atoms with Crippen molar-refractivity contribution in [3.05, 3.63) is 29.3 Å². The van der Waals surface area contributed by atoms with Crippen LogP contribution in [0.2, 0.25) is 0 Å². The fraction of sp³-hybridized carbons (Fsp3) is 0.400.